The van der Waals surface area contributed by atoms with Crippen molar-refractivity contribution in [2.75, 3.05) is 32.1 Å². The lowest BCUT2D eigenvalue weighted by Crippen LogP contribution is -2.41. The zero-order valence-electron chi connectivity index (χ0n) is 15.2. The highest BCUT2D eigenvalue weighted by Crippen LogP contribution is 2.31. The van der Waals surface area contributed by atoms with Crippen LogP contribution in [0, 0.1) is 0 Å². The van der Waals surface area contributed by atoms with Gasteiger partial charge in [-0.3, -0.25) is 4.90 Å². The minimum atomic E-state index is 0.459. The molecule has 2 aromatic carbocycles. The lowest BCUT2D eigenvalue weighted by atomic mass is 10.0. The van der Waals surface area contributed by atoms with Crippen molar-refractivity contribution >= 4 is 5.69 Å². The van der Waals surface area contributed by atoms with Gasteiger partial charge in [0.25, 0.3) is 0 Å². The van der Waals surface area contributed by atoms with Crippen molar-refractivity contribution in [1.29, 1.82) is 0 Å². The summed E-state index contributed by atoms with van der Waals surface area (Å²) < 4.78 is 11.0. The van der Waals surface area contributed by atoms with Crippen molar-refractivity contribution < 1.29 is 9.47 Å². The number of piperidine rings is 1. The van der Waals surface area contributed by atoms with E-state index in [1.165, 1.54) is 24.9 Å². The van der Waals surface area contributed by atoms with E-state index in [1.54, 1.807) is 7.11 Å². The van der Waals surface area contributed by atoms with Crippen LogP contribution in [-0.2, 0) is 6.54 Å². The van der Waals surface area contributed by atoms with Crippen LogP contribution in [0.25, 0.3) is 0 Å². The van der Waals surface area contributed by atoms with Crippen LogP contribution in [0.1, 0.15) is 25.3 Å². The topological polar surface area (TPSA) is 33.7 Å². The second-order valence-corrected chi connectivity index (χ2v) is 6.50. The summed E-state index contributed by atoms with van der Waals surface area (Å²) in [6, 6.07) is 17.2. The molecule has 4 nitrogen and oxygen atoms in total. The van der Waals surface area contributed by atoms with Crippen molar-refractivity contribution in [2.24, 2.45) is 0 Å². The van der Waals surface area contributed by atoms with Gasteiger partial charge in [-0.1, -0.05) is 30.3 Å². The number of nitrogens with one attached hydrogen (secondary N) is 1. The predicted molar refractivity (Wildman–Crippen MR) is 103 cm³/mol. The molecule has 0 amide bonds. The van der Waals surface area contributed by atoms with Crippen molar-refractivity contribution in [3.63, 3.8) is 0 Å². The van der Waals surface area contributed by atoms with Gasteiger partial charge in [0.2, 0.25) is 0 Å². The van der Waals surface area contributed by atoms with Gasteiger partial charge in [-0.05, 0) is 44.0 Å². The maximum absolute atomic E-state index is 5.68. The second-order valence-electron chi connectivity index (χ2n) is 6.50. The normalized spacial score (nSPS) is 17.9. The van der Waals surface area contributed by atoms with Crippen LogP contribution in [-0.4, -0.2) is 37.7 Å². The minimum Gasteiger partial charge on any atom is -0.493 e. The Hall–Kier alpha value is -2.20. The summed E-state index contributed by atoms with van der Waals surface area (Å²) in [6.07, 6.45) is 2.42. The van der Waals surface area contributed by atoms with E-state index in [0.717, 1.165) is 30.3 Å². The van der Waals surface area contributed by atoms with Gasteiger partial charge in [0.05, 0.1) is 13.7 Å². The third-order valence-corrected chi connectivity index (χ3v) is 4.59. The number of rotatable bonds is 7. The maximum Gasteiger partial charge on any atom is 0.163 e. The number of hydrogen-bond acceptors (Lipinski definition) is 4. The number of likely N-dealkylation sites (tertiary alicyclic amines) is 1. The zero-order chi connectivity index (χ0) is 17.5. The number of benzene rings is 2. The van der Waals surface area contributed by atoms with Gasteiger partial charge in [-0.25, -0.2) is 0 Å². The lowest BCUT2D eigenvalue weighted by molar-refractivity contribution is 0.208. The Morgan fingerprint density at radius 1 is 1.12 bits per heavy atom. The molecule has 134 valence electrons. The molecule has 1 heterocycles. The molecule has 1 unspecified atom stereocenters. The average Bonchev–Trinajstić information content (AvgIpc) is 2.63. The molecule has 2 aromatic rings. The summed E-state index contributed by atoms with van der Waals surface area (Å²) >= 11 is 0. The Morgan fingerprint density at radius 3 is 2.72 bits per heavy atom. The molecule has 0 spiro atoms. The molecule has 0 radical (unpaired) electrons. The summed E-state index contributed by atoms with van der Waals surface area (Å²) in [5.41, 5.74) is 2.47. The third-order valence-electron chi connectivity index (χ3n) is 4.59. The summed E-state index contributed by atoms with van der Waals surface area (Å²) in [4.78, 5) is 2.53. The van der Waals surface area contributed by atoms with E-state index in [2.05, 4.69) is 46.6 Å². The number of methoxy groups -OCH3 is 1. The highest BCUT2D eigenvalue weighted by atomic mass is 16.5. The molecule has 0 bridgehead atoms. The number of nitrogens with zero attached hydrogens (tertiary/aromatic N) is 1. The Kier molecular flexibility index (Phi) is 6.18. The van der Waals surface area contributed by atoms with Crippen LogP contribution < -0.4 is 14.8 Å². The molecule has 25 heavy (non-hydrogen) atoms. The fraction of sp³-hybridized carbons (Fsp3) is 0.429. The van der Waals surface area contributed by atoms with Gasteiger partial charge in [-0.15, -0.1) is 0 Å². The van der Waals surface area contributed by atoms with E-state index in [-0.39, 0.29) is 0 Å². The van der Waals surface area contributed by atoms with Crippen LogP contribution in [0.5, 0.6) is 11.5 Å². The molecule has 3 rings (SSSR count). The fourth-order valence-corrected chi connectivity index (χ4v) is 3.43. The first-order chi connectivity index (χ1) is 12.3. The molecule has 1 N–H and O–H groups in total. The first kappa shape index (κ1) is 17.6. The number of ether oxygens (including phenoxy) is 2. The first-order valence-corrected chi connectivity index (χ1v) is 9.12. The minimum absolute atomic E-state index is 0.459. The zero-order valence-corrected chi connectivity index (χ0v) is 15.2. The highest BCUT2D eigenvalue weighted by Gasteiger charge is 2.20. The molecule has 4 heteroatoms. The summed E-state index contributed by atoms with van der Waals surface area (Å²) in [5, 5.41) is 3.67. The average molecular weight is 340 g/mol. The third kappa shape index (κ3) is 4.89. The second kappa shape index (κ2) is 8.77. The monoisotopic (exact) mass is 340 g/mol. The van der Waals surface area contributed by atoms with Crippen molar-refractivity contribution in [3.8, 4) is 11.5 Å². The van der Waals surface area contributed by atoms with E-state index in [0.29, 0.717) is 12.6 Å². The van der Waals surface area contributed by atoms with E-state index in [9.17, 15) is 0 Å². The quantitative estimate of drug-likeness (QED) is 0.820. The summed E-state index contributed by atoms with van der Waals surface area (Å²) in [5.74, 6) is 1.58. The molecule has 1 aliphatic heterocycles. The Balaban J connectivity index is 1.61. The van der Waals surface area contributed by atoms with Crippen molar-refractivity contribution in [2.45, 2.75) is 32.4 Å². The molecular formula is C21H28N2O2. The lowest BCUT2D eigenvalue weighted by Gasteiger charge is -2.33. The number of anilines is 1. The molecule has 1 atom stereocenters. The molecule has 1 fully saturated rings. The van der Waals surface area contributed by atoms with Gasteiger partial charge in [0, 0.05) is 30.9 Å². The van der Waals surface area contributed by atoms with E-state index in [1.807, 2.05) is 19.1 Å². The predicted octanol–water partition coefficient (Wildman–Crippen LogP) is 4.17. The molecule has 0 saturated carbocycles. The first-order valence-electron chi connectivity index (χ1n) is 9.12. The Morgan fingerprint density at radius 2 is 1.96 bits per heavy atom. The Labute approximate surface area is 150 Å². The largest absolute Gasteiger partial charge is 0.493 e. The van der Waals surface area contributed by atoms with E-state index < -0.39 is 0 Å². The van der Waals surface area contributed by atoms with Crippen LogP contribution >= 0.6 is 0 Å². The van der Waals surface area contributed by atoms with Gasteiger partial charge >= 0.3 is 0 Å². The molecule has 1 saturated heterocycles. The summed E-state index contributed by atoms with van der Waals surface area (Å²) in [7, 11) is 1.67. The van der Waals surface area contributed by atoms with Crippen molar-refractivity contribution in [1.82, 2.24) is 4.90 Å². The van der Waals surface area contributed by atoms with Gasteiger partial charge in [0.1, 0.15) is 0 Å². The van der Waals surface area contributed by atoms with Crippen LogP contribution in [0.15, 0.2) is 48.5 Å². The number of hydrogen-bond donors (Lipinski definition) is 1. The van der Waals surface area contributed by atoms with Gasteiger partial charge in [0.15, 0.2) is 11.5 Å². The highest BCUT2D eigenvalue weighted by molar-refractivity contribution is 5.55. The smallest absolute Gasteiger partial charge is 0.163 e. The van der Waals surface area contributed by atoms with Gasteiger partial charge in [-0.2, -0.15) is 0 Å². The van der Waals surface area contributed by atoms with Crippen LogP contribution in [0.3, 0.4) is 0 Å². The van der Waals surface area contributed by atoms with E-state index in [4.69, 9.17) is 9.47 Å². The van der Waals surface area contributed by atoms with E-state index >= 15 is 0 Å². The molecule has 1 aliphatic rings. The Bertz CT molecular complexity index is 660. The van der Waals surface area contributed by atoms with Crippen molar-refractivity contribution in [3.05, 3.63) is 54.1 Å². The maximum atomic E-state index is 5.68. The standard InChI is InChI=1S/C21H28N2O2/c1-3-25-21-14-18(11-12-20(21)24-2)22-19-10-7-13-23(16-19)15-17-8-5-4-6-9-17/h4-6,8-9,11-12,14,19,22H,3,7,10,13,15-16H2,1-2H3. The van der Waals surface area contributed by atoms with Crippen LogP contribution in [0.2, 0.25) is 0 Å². The molecule has 0 aliphatic carbocycles. The summed E-state index contributed by atoms with van der Waals surface area (Å²) in [6.45, 7) is 5.87. The SMILES string of the molecule is CCOc1cc(NC2CCCN(Cc3ccccc3)C2)ccc1OC. The fourth-order valence-electron chi connectivity index (χ4n) is 3.43. The van der Waals surface area contributed by atoms with Gasteiger partial charge < -0.3 is 14.8 Å². The molecular weight excluding hydrogens is 312 g/mol. The molecule has 0 aromatic heterocycles. The van der Waals surface area contributed by atoms with Crippen LogP contribution in [0.4, 0.5) is 5.69 Å².